The van der Waals surface area contributed by atoms with Gasteiger partial charge in [0, 0.05) is 16.8 Å². The third-order valence-corrected chi connectivity index (χ3v) is 5.96. The fourth-order valence-electron chi connectivity index (χ4n) is 3.16. The van der Waals surface area contributed by atoms with E-state index >= 15 is 0 Å². The van der Waals surface area contributed by atoms with Gasteiger partial charge < -0.3 is 9.87 Å². The van der Waals surface area contributed by atoms with Crippen molar-refractivity contribution in [1.29, 1.82) is 0 Å². The molecule has 0 bridgehead atoms. The van der Waals surface area contributed by atoms with Crippen molar-refractivity contribution in [3.05, 3.63) is 11.9 Å². The number of nitrogens with zero attached hydrogens (tertiary/aromatic N) is 3. The van der Waals surface area contributed by atoms with Gasteiger partial charge in [-0.1, -0.05) is 5.21 Å². The Balaban J connectivity index is 1.87. The van der Waals surface area contributed by atoms with Crippen LogP contribution in [0.2, 0.25) is 0 Å². The lowest BCUT2D eigenvalue weighted by Gasteiger charge is -2.39. The summed E-state index contributed by atoms with van der Waals surface area (Å²) in [4.78, 5) is 0. The molecule has 1 aromatic heterocycles. The maximum atomic E-state index is 12.5. The molecule has 0 amide bonds. The van der Waals surface area contributed by atoms with E-state index in [-0.39, 0.29) is 16.2 Å². The Bertz CT molecular complexity index is 477. The zero-order chi connectivity index (χ0) is 14.4. The van der Waals surface area contributed by atoms with Gasteiger partial charge in [0.25, 0.3) is 0 Å². The second kappa shape index (κ2) is 4.98. The second-order valence-electron chi connectivity index (χ2n) is 6.86. The van der Waals surface area contributed by atoms with Gasteiger partial charge in [0.2, 0.25) is 0 Å². The molecule has 1 fully saturated rings. The molecule has 3 rings (SSSR count). The predicted octanol–water partition coefficient (Wildman–Crippen LogP) is 0.754. The average molecular weight is 297 g/mol. The van der Waals surface area contributed by atoms with Crippen LogP contribution in [0.4, 0.5) is 0 Å². The van der Waals surface area contributed by atoms with Gasteiger partial charge >= 0.3 is 0 Å². The summed E-state index contributed by atoms with van der Waals surface area (Å²) in [5.41, 5.74) is 1.20. The molecule has 0 saturated carbocycles. The van der Waals surface area contributed by atoms with Gasteiger partial charge in [0.15, 0.2) is 0 Å². The lowest BCUT2D eigenvalue weighted by atomic mass is 9.74. The highest BCUT2D eigenvalue weighted by Crippen LogP contribution is 2.48. The van der Waals surface area contributed by atoms with Crippen LogP contribution in [0.5, 0.6) is 0 Å². The van der Waals surface area contributed by atoms with E-state index in [0.717, 1.165) is 38.2 Å². The summed E-state index contributed by atoms with van der Waals surface area (Å²) >= 11 is -1.09. The Morgan fingerprint density at radius 3 is 2.80 bits per heavy atom. The standard InChI is InChI=1S/C13H23N5OS/c1-12(2,3)20(19)16-11-10-8-15-17-18(10)9-13(11)4-6-14-7-5-13/h8,11,14,16H,4-7,9H2,1-3H3/t11-,20?/m1/s1. The van der Waals surface area contributed by atoms with Crippen molar-refractivity contribution in [1.82, 2.24) is 25.0 Å². The molecule has 2 atom stereocenters. The van der Waals surface area contributed by atoms with E-state index in [1.54, 1.807) is 0 Å². The number of rotatable bonds is 2. The molecule has 0 radical (unpaired) electrons. The Hall–Kier alpha value is -0.630. The lowest BCUT2D eigenvalue weighted by Crippen LogP contribution is -2.49. The largest absolute Gasteiger partial charge is 0.598 e. The van der Waals surface area contributed by atoms with Crippen LogP contribution in [0.1, 0.15) is 45.3 Å². The molecule has 1 aromatic rings. The Morgan fingerprint density at radius 1 is 1.45 bits per heavy atom. The van der Waals surface area contributed by atoms with Crippen LogP contribution in [0.3, 0.4) is 0 Å². The molecule has 6 nitrogen and oxygen atoms in total. The number of piperidine rings is 1. The van der Waals surface area contributed by atoms with E-state index in [9.17, 15) is 4.55 Å². The summed E-state index contributed by atoms with van der Waals surface area (Å²) < 4.78 is 17.6. The van der Waals surface area contributed by atoms with Crippen LogP contribution in [-0.2, 0) is 17.9 Å². The Kier molecular flexibility index (Phi) is 3.56. The van der Waals surface area contributed by atoms with Crippen molar-refractivity contribution >= 4 is 11.4 Å². The van der Waals surface area contributed by atoms with E-state index < -0.39 is 11.4 Å². The first-order valence-corrected chi connectivity index (χ1v) is 8.35. The molecular formula is C13H23N5OS. The monoisotopic (exact) mass is 297 g/mol. The number of fused-ring (bicyclic) bond motifs is 1. The van der Waals surface area contributed by atoms with Crippen molar-refractivity contribution in [3.8, 4) is 0 Å². The molecule has 1 spiro atoms. The average Bonchev–Trinajstić information content (AvgIpc) is 2.91. The molecule has 20 heavy (non-hydrogen) atoms. The van der Waals surface area contributed by atoms with Gasteiger partial charge in [-0.25, -0.2) is 4.68 Å². The van der Waals surface area contributed by atoms with Crippen LogP contribution >= 0.6 is 0 Å². The van der Waals surface area contributed by atoms with Crippen LogP contribution < -0.4 is 10.0 Å². The highest BCUT2D eigenvalue weighted by atomic mass is 32.2. The van der Waals surface area contributed by atoms with Crippen molar-refractivity contribution in [2.24, 2.45) is 5.41 Å². The molecule has 1 saturated heterocycles. The number of hydrogen-bond acceptors (Lipinski definition) is 5. The van der Waals surface area contributed by atoms with Gasteiger partial charge in [-0.05, 0) is 46.7 Å². The summed E-state index contributed by atoms with van der Waals surface area (Å²) in [5.74, 6) is 0. The Morgan fingerprint density at radius 2 is 2.15 bits per heavy atom. The Labute approximate surface area is 123 Å². The third-order valence-electron chi connectivity index (χ3n) is 4.40. The van der Waals surface area contributed by atoms with Crippen molar-refractivity contribution in [3.63, 3.8) is 0 Å². The lowest BCUT2D eigenvalue weighted by molar-refractivity contribution is 0.147. The number of aromatic nitrogens is 3. The van der Waals surface area contributed by atoms with Gasteiger partial charge in [0.05, 0.1) is 18.4 Å². The number of nitrogens with one attached hydrogen (secondary N) is 2. The predicted molar refractivity (Wildman–Crippen MR) is 78.3 cm³/mol. The molecular weight excluding hydrogens is 274 g/mol. The zero-order valence-electron chi connectivity index (χ0n) is 12.3. The molecule has 112 valence electrons. The highest BCUT2D eigenvalue weighted by Gasteiger charge is 2.50. The van der Waals surface area contributed by atoms with Crippen LogP contribution in [0.15, 0.2) is 6.20 Å². The molecule has 7 heteroatoms. The van der Waals surface area contributed by atoms with Gasteiger partial charge in [-0.15, -0.1) is 9.82 Å². The molecule has 2 aliphatic heterocycles. The SMILES string of the molecule is CC(C)(C)[S+]([O-])N[C@@H]1c2cnnn2CC12CCNCC2. The fourth-order valence-corrected chi connectivity index (χ4v) is 4.09. The molecule has 2 aliphatic rings. The minimum absolute atomic E-state index is 0.0830. The highest BCUT2D eigenvalue weighted by molar-refractivity contribution is 7.90. The molecule has 0 aliphatic carbocycles. The minimum Gasteiger partial charge on any atom is -0.598 e. The maximum Gasteiger partial charge on any atom is 0.136 e. The summed E-state index contributed by atoms with van der Waals surface area (Å²) in [6.07, 6.45) is 3.97. The van der Waals surface area contributed by atoms with Crippen molar-refractivity contribution < 1.29 is 4.55 Å². The summed E-state index contributed by atoms with van der Waals surface area (Å²) in [6, 6.07) is 0.0830. The van der Waals surface area contributed by atoms with Crippen LogP contribution in [0.25, 0.3) is 0 Å². The van der Waals surface area contributed by atoms with E-state index in [1.165, 1.54) is 0 Å². The van der Waals surface area contributed by atoms with E-state index in [4.69, 9.17) is 0 Å². The first kappa shape index (κ1) is 14.3. The van der Waals surface area contributed by atoms with Gasteiger partial charge in [-0.3, -0.25) is 0 Å². The van der Waals surface area contributed by atoms with E-state index in [1.807, 2.05) is 31.6 Å². The fraction of sp³-hybridized carbons (Fsp3) is 0.846. The molecule has 0 aromatic carbocycles. The van der Waals surface area contributed by atoms with Crippen LogP contribution in [0, 0.1) is 5.41 Å². The van der Waals surface area contributed by atoms with E-state index in [0.29, 0.717) is 0 Å². The first-order chi connectivity index (χ1) is 9.42. The van der Waals surface area contributed by atoms with Crippen molar-refractivity contribution in [2.45, 2.75) is 50.9 Å². The molecule has 3 heterocycles. The maximum absolute atomic E-state index is 12.5. The third kappa shape index (κ3) is 2.36. The summed E-state index contributed by atoms with van der Waals surface area (Å²) in [5, 5.41) is 11.6. The van der Waals surface area contributed by atoms with Crippen LogP contribution in [-0.4, -0.2) is 37.4 Å². The summed E-state index contributed by atoms with van der Waals surface area (Å²) in [6.45, 7) is 8.89. The normalized spacial score (nSPS) is 26.7. The zero-order valence-corrected chi connectivity index (χ0v) is 13.2. The van der Waals surface area contributed by atoms with Gasteiger partial charge in [-0.2, -0.15) is 0 Å². The second-order valence-corrected chi connectivity index (χ2v) is 8.86. The van der Waals surface area contributed by atoms with Crippen molar-refractivity contribution in [2.75, 3.05) is 13.1 Å². The van der Waals surface area contributed by atoms with E-state index in [2.05, 4.69) is 20.4 Å². The first-order valence-electron chi connectivity index (χ1n) is 7.20. The molecule has 2 N–H and O–H groups in total. The molecule has 1 unspecified atom stereocenters. The number of hydrogen-bond donors (Lipinski definition) is 2. The summed E-state index contributed by atoms with van der Waals surface area (Å²) in [7, 11) is 0. The van der Waals surface area contributed by atoms with Gasteiger partial charge in [0.1, 0.15) is 10.8 Å². The quantitative estimate of drug-likeness (QED) is 0.788. The topological polar surface area (TPSA) is 77.8 Å². The smallest absolute Gasteiger partial charge is 0.136 e. The minimum atomic E-state index is -1.09.